The highest BCUT2D eigenvalue weighted by atomic mass is 16.5. The van der Waals surface area contributed by atoms with E-state index in [-0.39, 0.29) is 0 Å². The van der Waals surface area contributed by atoms with Crippen LogP contribution in [0.15, 0.2) is 24.7 Å². The molecule has 0 aliphatic heterocycles. The lowest BCUT2D eigenvalue weighted by Gasteiger charge is -1.75. The van der Waals surface area contributed by atoms with Crippen molar-refractivity contribution in [1.29, 1.82) is 10.5 Å². The van der Waals surface area contributed by atoms with Crippen molar-refractivity contribution in [3.05, 3.63) is 24.7 Å². The van der Waals surface area contributed by atoms with Crippen LogP contribution >= 0.6 is 0 Å². The summed E-state index contributed by atoms with van der Waals surface area (Å²) in [5.41, 5.74) is 0. The number of methoxy groups -OCH3 is 2. The summed E-state index contributed by atoms with van der Waals surface area (Å²) < 4.78 is 8.76. The molecule has 0 unspecified atom stereocenters. The fraction of sp³-hybridized carbons (Fsp3) is 0.250. The Hall–Kier alpha value is -1.94. The van der Waals surface area contributed by atoms with E-state index >= 15 is 0 Å². The second kappa shape index (κ2) is 16.0. The Balaban J connectivity index is 0. The zero-order valence-corrected chi connectivity index (χ0v) is 7.02. The summed E-state index contributed by atoms with van der Waals surface area (Å²) in [6.07, 6.45) is 5.17. The van der Waals surface area contributed by atoms with Crippen LogP contribution in [0.4, 0.5) is 0 Å². The molecular formula is C8H10N2O2. The first kappa shape index (κ1) is 12.7. The molecule has 4 nitrogen and oxygen atoms in total. The van der Waals surface area contributed by atoms with Gasteiger partial charge in [0, 0.05) is 0 Å². The summed E-state index contributed by atoms with van der Waals surface area (Å²) in [5, 5.41) is 15.6. The molecule has 0 radical (unpaired) electrons. The minimum Gasteiger partial charge on any atom is -0.504 e. The van der Waals surface area contributed by atoms with Crippen LogP contribution in [-0.2, 0) is 9.47 Å². The van der Waals surface area contributed by atoms with Gasteiger partial charge in [0.05, 0.1) is 51.0 Å². The highest BCUT2D eigenvalue weighted by Crippen LogP contribution is 1.65. The van der Waals surface area contributed by atoms with Gasteiger partial charge < -0.3 is 9.47 Å². The zero-order chi connectivity index (χ0) is 9.66. The van der Waals surface area contributed by atoms with E-state index in [1.54, 1.807) is 12.1 Å². The number of ether oxygens (including phenoxy) is 2. The van der Waals surface area contributed by atoms with E-state index in [0.29, 0.717) is 0 Å². The molecule has 0 N–H and O–H groups in total. The molecule has 4 heteroatoms. The van der Waals surface area contributed by atoms with E-state index in [0.717, 1.165) is 0 Å². The number of hydrogen-bond acceptors (Lipinski definition) is 4. The predicted molar refractivity (Wildman–Crippen MR) is 43.5 cm³/mol. The fourth-order valence-electron chi connectivity index (χ4n) is 0.197. The van der Waals surface area contributed by atoms with Crippen molar-refractivity contribution in [2.24, 2.45) is 0 Å². The van der Waals surface area contributed by atoms with Crippen LogP contribution in [0.5, 0.6) is 0 Å². The SMILES string of the molecule is COC=CC#N.COC=CC#N. The molecule has 0 saturated heterocycles. The zero-order valence-electron chi connectivity index (χ0n) is 7.02. The van der Waals surface area contributed by atoms with Crippen LogP contribution in [0, 0.1) is 22.7 Å². The Labute approximate surface area is 71.9 Å². The second-order valence-corrected chi connectivity index (χ2v) is 1.34. The maximum Gasteiger partial charge on any atom is 0.0944 e. The molecule has 0 aromatic carbocycles. The van der Waals surface area contributed by atoms with E-state index in [1.807, 2.05) is 0 Å². The summed E-state index contributed by atoms with van der Waals surface area (Å²) in [5.74, 6) is 0. The van der Waals surface area contributed by atoms with E-state index < -0.39 is 0 Å². The third kappa shape index (κ3) is 24.4. The third-order valence-electron chi connectivity index (χ3n) is 0.557. The van der Waals surface area contributed by atoms with Crippen LogP contribution in [0.2, 0.25) is 0 Å². The van der Waals surface area contributed by atoms with Gasteiger partial charge in [0.15, 0.2) is 0 Å². The summed E-state index contributed by atoms with van der Waals surface area (Å²) in [6.45, 7) is 0. The molecule has 0 rings (SSSR count). The Bertz CT molecular complexity index is 184. The fourth-order valence-corrected chi connectivity index (χ4v) is 0.197. The van der Waals surface area contributed by atoms with Gasteiger partial charge in [0.2, 0.25) is 0 Å². The molecule has 12 heavy (non-hydrogen) atoms. The second-order valence-electron chi connectivity index (χ2n) is 1.34. The van der Waals surface area contributed by atoms with Crippen molar-refractivity contribution in [2.45, 2.75) is 0 Å². The lowest BCUT2D eigenvalue weighted by atomic mass is 10.7. The average molecular weight is 166 g/mol. The summed E-state index contributed by atoms with van der Waals surface area (Å²) in [6, 6.07) is 3.53. The minimum atomic E-state index is 1.26. The third-order valence-corrected chi connectivity index (χ3v) is 0.557. The maximum atomic E-state index is 7.78. The minimum absolute atomic E-state index is 1.26. The van der Waals surface area contributed by atoms with Crippen molar-refractivity contribution < 1.29 is 9.47 Å². The van der Waals surface area contributed by atoms with Gasteiger partial charge in [-0.15, -0.1) is 0 Å². The van der Waals surface area contributed by atoms with Crippen molar-refractivity contribution in [1.82, 2.24) is 0 Å². The van der Waals surface area contributed by atoms with Crippen molar-refractivity contribution in [3.8, 4) is 12.1 Å². The van der Waals surface area contributed by atoms with Crippen molar-refractivity contribution in [3.63, 3.8) is 0 Å². The first-order chi connectivity index (χ1) is 5.83. The lowest BCUT2D eigenvalue weighted by Crippen LogP contribution is -1.59. The quantitative estimate of drug-likeness (QED) is 0.458. The Kier molecular flexibility index (Phi) is 17.0. The molecule has 0 fully saturated rings. The van der Waals surface area contributed by atoms with Crippen LogP contribution in [0.25, 0.3) is 0 Å². The summed E-state index contributed by atoms with van der Waals surface area (Å²) in [4.78, 5) is 0. The van der Waals surface area contributed by atoms with Gasteiger partial charge in [-0.05, 0) is 0 Å². The monoisotopic (exact) mass is 166 g/mol. The summed E-state index contributed by atoms with van der Waals surface area (Å²) in [7, 11) is 2.99. The molecule has 0 saturated carbocycles. The molecule has 0 aliphatic carbocycles. The molecule has 64 valence electrons. The number of nitrogens with zero attached hydrogens (tertiary/aromatic N) is 2. The van der Waals surface area contributed by atoms with E-state index in [9.17, 15) is 0 Å². The molecule has 0 spiro atoms. The van der Waals surface area contributed by atoms with Crippen molar-refractivity contribution >= 4 is 0 Å². The van der Waals surface area contributed by atoms with Gasteiger partial charge in [0.25, 0.3) is 0 Å². The van der Waals surface area contributed by atoms with Gasteiger partial charge >= 0.3 is 0 Å². The number of rotatable bonds is 2. The van der Waals surface area contributed by atoms with Gasteiger partial charge in [0.1, 0.15) is 0 Å². The Morgan fingerprint density at radius 3 is 1.33 bits per heavy atom. The number of nitriles is 2. The van der Waals surface area contributed by atoms with Crippen LogP contribution < -0.4 is 0 Å². The normalized spacial score (nSPS) is 8.00. The van der Waals surface area contributed by atoms with Crippen LogP contribution in [0.3, 0.4) is 0 Å². The Morgan fingerprint density at radius 2 is 1.25 bits per heavy atom. The van der Waals surface area contributed by atoms with Crippen LogP contribution in [0.1, 0.15) is 0 Å². The van der Waals surface area contributed by atoms with Crippen LogP contribution in [-0.4, -0.2) is 14.2 Å². The molecule has 0 heterocycles. The van der Waals surface area contributed by atoms with E-state index in [1.165, 1.54) is 38.9 Å². The largest absolute Gasteiger partial charge is 0.504 e. The average Bonchev–Trinajstić information content (AvgIpc) is 2.12. The van der Waals surface area contributed by atoms with Gasteiger partial charge in [-0.2, -0.15) is 10.5 Å². The standard InChI is InChI=1S/2C4H5NO/c2*1-6-4-2-3-5/h2*2,4H,1H3. The molecule has 0 atom stereocenters. The maximum absolute atomic E-state index is 7.78. The van der Waals surface area contributed by atoms with E-state index in [4.69, 9.17) is 10.5 Å². The highest BCUT2D eigenvalue weighted by Gasteiger charge is 1.55. The lowest BCUT2D eigenvalue weighted by molar-refractivity contribution is 0.338. The Morgan fingerprint density at radius 1 is 0.917 bits per heavy atom. The number of hydrogen-bond donors (Lipinski definition) is 0. The molecule has 0 aromatic rings. The van der Waals surface area contributed by atoms with E-state index in [2.05, 4.69) is 9.47 Å². The highest BCUT2D eigenvalue weighted by molar-refractivity contribution is 4.97. The first-order valence-electron chi connectivity index (χ1n) is 2.98. The van der Waals surface area contributed by atoms with Gasteiger partial charge in [-0.25, -0.2) is 0 Å². The smallest absolute Gasteiger partial charge is 0.0944 e. The molecule has 0 aliphatic rings. The molecule has 0 bridgehead atoms. The first-order valence-corrected chi connectivity index (χ1v) is 2.98. The molecule has 0 amide bonds. The van der Waals surface area contributed by atoms with Crippen molar-refractivity contribution in [2.75, 3.05) is 14.2 Å². The van der Waals surface area contributed by atoms with Gasteiger partial charge in [-0.1, -0.05) is 0 Å². The number of allylic oxidation sites excluding steroid dienone is 2. The topological polar surface area (TPSA) is 66.0 Å². The predicted octanol–water partition coefficient (Wildman–Crippen LogP) is 1.34. The molecule has 0 aromatic heterocycles. The van der Waals surface area contributed by atoms with Gasteiger partial charge in [-0.3, -0.25) is 0 Å². The molecular weight excluding hydrogens is 156 g/mol. The summed E-state index contributed by atoms with van der Waals surface area (Å²) >= 11 is 0.